The molecule has 4 heteroatoms. The number of pyridine rings is 2. The summed E-state index contributed by atoms with van der Waals surface area (Å²) in [5.74, 6) is 0. The molecule has 0 saturated heterocycles. The number of hydrogen-bond donors (Lipinski definition) is 0. The third kappa shape index (κ3) is 1.56. The molecule has 0 amide bonds. The van der Waals surface area contributed by atoms with Gasteiger partial charge in [0, 0.05) is 11.1 Å². The molecule has 2 nitrogen and oxygen atoms in total. The fraction of sp³-hybridized carbons (Fsp3) is 0.200. The van der Waals surface area contributed by atoms with E-state index in [0.29, 0.717) is 15.8 Å². The van der Waals surface area contributed by atoms with Gasteiger partial charge in [-0.3, -0.25) is 0 Å². The van der Waals surface area contributed by atoms with Gasteiger partial charge >= 0.3 is 0 Å². The minimum Gasteiger partial charge on any atom is -0.233 e. The molecule has 0 spiro atoms. The molecule has 0 fully saturated rings. The van der Waals surface area contributed by atoms with Crippen molar-refractivity contribution in [3.05, 3.63) is 33.6 Å². The minimum absolute atomic E-state index is 0.373. The van der Waals surface area contributed by atoms with Gasteiger partial charge in [0.2, 0.25) is 0 Å². The van der Waals surface area contributed by atoms with Gasteiger partial charge in [0.25, 0.3) is 0 Å². The van der Waals surface area contributed by atoms with Crippen LogP contribution in [-0.2, 0) is 0 Å². The third-order valence-electron chi connectivity index (χ3n) is 2.16. The lowest BCUT2D eigenvalue weighted by Crippen LogP contribution is -1.91. The molecule has 0 N–H and O–H groups in total. The molecule has 0 atom stereocenters. The van der Waals surface area contributed by atoms with Crippen molar-refractivity contribution in [1.82, 2.24) is 9.97 Å². The van der Waals surface area contributed by atoms with Gasteiger partial charge in [0.05, 0.1) is 5.02 Å². The highest BCUT2D eigenvalue weighted by molar-refractivity contribution is 6.37. The normalized spacial score (nSPS) is 10.9. The summed E-state index contributed by atoms with van der Waals surface area (Å²) in [6.07, 6.45) is 0. The Balaban J connectivity index is 2.89. The molecule has 0 aliphatic rings. The molecule has 0 saturated carbocycles. The summed E-state index contributed by atoms with van der Waals surface area (Å²) in [4.78, 5) is 8.43. The third-order valence-corrected chi connectivity index (χ3v) is 2.67. The van der Waals surface area contributed by atoms with E-state index in [1.54, 1.807) is 6.07 Å². The first kappa shape index (κ1) is 9.69. The Morgan fingerprint density at radius 1 is 1.07 bits per heavy atom. The Labute approximate surface area is 91.9 Å². The van der Waals surface area contributed by atoms with Crippen LogP contribution in [0.5, 0.6) is 0 Å². The Kier molecular flexibility index (Phi) is 2.33. The van der Waals surface area contributed by atoms with Crippen LogP contribution in [0.4, 0.5) is 0 Å². The van der Waals surface area contributed by atoms with Crippen LogP contribution in [0.2, 0.25) is 10.2 Å². The monoisotopic (exact) mass is 226 g/mol. The van der Waals surface area contributed by atoms with Crippen LogP contribution in [0.15, 0.2) is 12.1 Å². The number of aryl methyl sites for hydroxylation is 2. The first-order valence-corrected chi connectivity index (χ1v) is 4.93. The molecule has 72 valence electrons. The van der Waals surface area contributed by atoms with Crippen molar-refractivity contribution in [3.8, 4) is 0 Å². The second-order valence-electron chi connectivity index (χ2n) is 3.19. The quantitative estimate of drug-likeness (QED) is 0.643. The molecule has 2 heterocycles. The van der Waals surface area contributed by atoms with Crippen LogP contribution in [-0.4, -0.2) is 9.97 Å². The lowest BCUT2D eigenvalue weighted by Gasteiger charge is -2.04. The van der Waals surface area contributed by atoms with Crippen molar-refractivity contribution in [3.63, 3.8) is 0 Å². The van der Waals surface area contributed by atoms with E-state index in [1.165, 1.54) is 0 Å². The summed E-state index contributed by atoms with van der Waals surface area (Å²) in [7, 11) is 0. The highest BCUT2D eigenvalue weighted by atomic mass is 35.5. The molecule has 0 aliphatic heterocycles. The van der Waals surface area contributed by atoms with E-state index in [0.717, 1.165) is 16.6 Å². The van der Waals surface area contributed by atoms with Gasteiger partial charge in [-0.25, -0.2) is 9.97 Å². The SMILES string of the molecule is Cc1cc2c(Cl)cc(Cl)nc2nc1C. The van der Waals surface area contributed by atoms with Crippen molar-refractivity contribution in [2.45, 2.75) is 13.8 Å². The standard InChI is InChI=1S/C10H8Cl2N2/c1-5-3-7-8(11)4-9(12)14-10(7)13-6(5)2/h3-4H,1-2H3. The van der Waals surface area contributed by atoms with E-state index in [-0.39, 0.29) is 0 Å². The summed E-state index contributed by atoms with van der Waals surface area (Å²) in [6, 6.07) is 3.60. The fourth-order valence-corrected chi connectivity index (χ4v) is 1.76. The van der Waals surface area contributed by atoms with Crippen molar-refractivity contribution in [1.29, 1.82) is 0 Å². The average molecular weight is 227 g/mol. The second-order valence-corrected chi connectivity index (χ2v) is 3.98. The summed E-state index contributed by atoms with van der Waals surface area (Å²) < 4.78 is 0. The van der Waals surface area contributed by atoms with E-state index in [2.05, 4.69) is 9.97 Å². The zero-order chi connectivity index (χ0) is 10.3. The Hall–Kier alpha value is -0.860. The highest BCUT2D eigenvalue weighted by Crippen LogP contribution is 2.25. The van der Waals surface area contributed by atoms with Crippen molar-refractivity contribution >= 4 is 34.2 Å². The molecule has 0 bridgehead atoms. The van der Waals surface area contributed by atoms with Crippen LogP contribution in [0, 0.1) is 13.8 Å². The largest absolute Gasteiger partial charge is 0.233 e. The van der Waals surface area contributed by atoms with Gasteiger partial charge in [0.15, 0.2) is 5.65 Å². The zero-order valence-corrected chi connectivity index (χ0v) is 9.32. The molecule has 2 aromatic rings. The molecule has 0 unspecified atom stereocenters. The fourth-order valence-electron chi connectivity index (χ4n) is 1.27. The molecule has 2 aromatic heterocycles. The number of rotatable bonds is 0. The van der Waals surface area contributed by atoms with Crippen LogP contribution in [0.1, 0.15) is 11.3 Å². The van der Waals surface area contributed by atoms with Crippen LogP contribution < -0.4 is 0 Å². The highest BCUT2D eigenvalue weighted by Gasteiger charge is 2.06. The van der Waals surface area contributed by atoms with Crippen LogP contribution in [0.3, 0.4) is 0 Å². The Morgan fingerprint density at radius 2 is 1.79 bits per heavy atom. The smallest absolute Gasteiger partial charge is 0.162 e. The van der Waals surface area contributed by atoms with E-state index in [1.807, 2.05) is 19.9 Å². The van der Waals surface area contributed by atoms with E-state index in [9.17, 15) is 0 Å². The number of aromatic nitrogens is 2. The van der Waals surface area contributed by atoms with Gasteiger partial charge in [-0.05, 0) is 31.5 Å². The summed E-state index contributed by atoms with van der Waals surface area (Å²) in [6.45, 7) is 3.93. The van der Waals surface area contributed by atoms with Gasteiger partial charge in [-0.1, -0.05) is 23.2 Å². The first-order chi connectivity index (χ1) is 6.58. The molecule has 0 aromatic carbocycles. The summed E-state index contributed by atoms with van der Waals surface area (Å²) >= 11 is 11.8. The second kappa shape index (κ2) is 3.37. The van der Waals surface area contributed by atoms with Gasteiger partial charge in [-0.2, -0.15) is 0 Å². The molecule has 0 aliphatic carbocycles. The molecule has 2 rings (SSSR count). The summed E-state index contributed by atoms with van der Waals surface area (Å²) in [5.41, 5.74) is 2.65. The van der Waals surface area contributed by atoms with Crippen LogP contribution >= 0.6 is 23.2 Å². The number of halogens is 2. The van der Waals surface area contributed by atoms with Crippen molar-refractivity contribution in [2.24, 2.45) is 0 Å². The maximum absolute atomic E-state index is 6.02. The maximum Gasteiger partial charge on any atom is 0.162 e. The Morgan fingerprint density at radius 3 is 2.50 bits per heavy atom. The topological polar surface area (TPSA) is 25.8 Å². The molecule has 0 radical (unpaired) electrons. The first-order valence-electron chi connectivity index (χ1n) is 4.18. The van der Waals surface area contributed by atoms with Gasteiger partial charge in [0.1, 0.15) is 5.15 Å². The molecular weight excluding hydrogens is 219 g/mol. The van der Waals surface area contributed by atoms with E-state index in [4.69, 9.17) is 23.2 Å². The molecule has 14 heavy (non-hydrogen) atoms. The average Bonchev–Trinajstić information content (AvgIpc) is 2.08. The minimum atomic E-state index is 0.373. The van der Waals surface area contributed by atoms with Crippen molar-refractivity contribution in [2.75, 3.05) is 0 Å². The predicted octanol–water partition coefficient (Wildman–Crippen LogP) is 3.55. The Bertz CT molecular complexity index is 509. The zero-order valence-electron chi connectivity index (χ0n) is 7.81. The van der Waals surface area contributed by atoms with E-state index < -0.39 is 0 Å². The predicted molar refractivity (Wildman–Crippen MR) is 59.0 cm³/mol. The number of fused-ring (bicyclic) bond motifs is 1. The van der Waals surface area contributed by atoms with Gasteiger partial charge < -0.3 is 0 Å². The lowest BCUT2D eigenvalue weighted by molar-refractivity contribution is 1.16. The van der Waals surface area contributed by atoms with Crippen LogP contribution in [0.25, 0.3) is 11.0 Å². The van der Waals surface area contributed by atoms with Gasteiger partial charge in [-0.15, -0.1) is 0 Å². The summed E-state index contributed by atoms with van der Waals surface area (Å²) in [5, 5.41) is 1.81. The number of nitrogens with zero attached hydrogens (tertiary/aromatic N) is 2. The molecular formula is C10H8Cl2N2. The van der Waals surface area contributed by atoms with Crippen molar-refractivity contribution < 1.29 is 0 Å². The van der Waals surface area contributed by atoms with E-state index >= 15 is 0 Å². The maximum atomic E-state index is 6.02. The lowest BCUT2D eigenvalue weighted by atomic mass is 10.2. The number of hydrogen-bond acceptors (Lipinski definition) is 2.